The van der Waals surface area contributed by atoms with Gasteiger partial charge >= 0.3 is 6.03 Å². The van der Waals surface area contributed by atoms with Crippen LogP contribution in [0.3, 0.4) is 0 Å². The first-order chi connectivity index (χ1) is 11.0. The number of benzene rings is 1. The molecular weight excluding hydrogens is 294 g/mol. The van der Waals surface area contributed by atoms with Gasteiger partial charge in [0.25, 0.3) is 11.8 Å². The number of anilines is 1. The molecule has 6 heteroatoms. The maximum Gasteiger partial charge on any atom is 0.335 e. The number of carbonyl (C=O) groups excluding carboxylic acids is 3. The molecular formula is C17H15N3O3. The Morgan fingerprint density at radius 1 is 1.09 bits per heavy atom. The van der Waals surface area contributed by atoms with Crippen LogP contribution in [0.25, 0.3) is 6.08 Å². The number of para-hydroxylation sites is 1. The van der Waals surface area contributed by atoms with E-state index in [0.29, 0.717) is 11.3 Å². The molecule has 4 amide bonds. The second-order valence-electron chi connectivity index (χ2n) is 5.35. The van der Waals surface area contributed by atoms with Crippen molar-refractivity contribution in [3.8, 4) is 0 Å². The minimum absolute atomic E-state index is 0.0703. The molecule has 0 radical (unpaired) electrons. The Kier molecular flexibility index (Phi) is 3.57. The fraction of sp³-hybridized carbons (Fsp3) is 0.118. The molecule has 0 atom stereocenters. The van der Waals surface area contributed by atoms with E-state index in [4.69, 9.17) is 0 Å². The van der Waals surface area contributed by atoms with Crippen molar-refractivity contribution in [2.45, 2.75) is 6.92 Å². The highest BCUT2D eigenvalue weighted by Crippen LogP contribution is 2.24. The lowest BCUT2D eigenvalue weighted by molar-refractivity contribution is -0.122. The fourth-order valence-corrected chi connectivity index (χ4v) is 2.47. The number of aromatic nitrogens is 1. The van der Waals surface area contributed by atoms with Crippen molar-refractivity contribution in [1.82, 2.24) is 9.88 Å². The number of hydrogen-bond acceptors (Lipinski definition) is 3. The molecule has 0 bridgehead atoms. The normalized spacial score (nSPS) is 16.9. The van der Waals surface area contributed by atoms with Crippen LogP contribution in [0, 0.1) is 6.92 Å². The van der Waals surface area contributed by atoms with Crippen LogP contribution in [0.4, 0.5) is 10.5 Å². The summed E-state index contributed by atoms with van der Waals surface area (Å²) in [5, 5.41) is 2.21. The number of aryl methyl sites for hydroxylation is 2. The zero-order valence-corrected chi connectivity index (χ0v) is 12.7. The topological polar surface area (TPSA) is 71.4 Å². The second-order valence-corrected chi connectivity index (χ2v) is 5.35. The SMILES string of the molecule is Cc1ccccc1N1C(=O)NC(=O)/C(=C/c2ccn(C)c2)C1=O. The molecule has 0 saturated carbocycles. The molecule has 1 aliphatic heterocycles. The highest BCUT2D eigenvalue weighted by Gasteiger charge is 2.37. The molecule has 2 heterocycles. The largest absolute Gasteiger partial charge is 0.357 e. The minimum atomic E-state index is -0.737. The predicted octanol–water partition coefficient (Wildman–Crippen LogP) is 2.00. The van der Waals surface area contributed by atoms with Gasteiger partial charge in [0.05, 0.1) is 5.69 Å². The molecule has 3 rings (SSSR count). The number of imide groups is 2. The van der Waals surface area contributed by atoms with Gasteiger partial charge in [-0.05, 0) is 36.3 Å². The third-order valence-corrected chi connectivity index (χ3v) is 3.62. The average Bonchev–Trinajstić information content (AvgIpc) is 2.91. The number of urea groups is 1. The van der Waals surface area contributed by atoms with Crippen molar-refractivity contribution in [3.05, 3.63) is 59.4 Å². The maximum absolute atomic E-state index is 12.7. The fourth-order valence-electron chi connectivity index (χ4n) is 2.47. The molecule has 2 aromatic rings. The van der Waals surface area contributed by atoms with Crippen molar-refractivity contribution in [1.29, 1.82) is 0 Å². The summed E-state index contributed by atoms with van der Waals surface area (Å²) in [5.41, 5.74) is 1.87. The standard InChI is InChI=1S/C17H15N3O3/c1-11-5-3-4-6-14(11)20-16(22)13(15(21)18-17(20)23)9-12-7-8-19(2)10-12/h3-10H,1-2H3,(H,18,21,23)/b13-9-. The van der Waals surface area contributed by atoms with Gasteiger partial charge in [0.2, 0.25) is 0 Å². The predicted molar refractivity (Wildman–Crippen MR) is 85.6 cm³/mol. The van der Waals surface area contributed by atoms with E-state index >= 15 is 0 Å². The van der Waals surface area contributed by atoms with Crippen LogP contribution >= 0.6 is 0 Å². The van der Waals surface area contributed by atoms with Gasteiger partial charge in [-0.1, -0.05) is 18.2 Å². The summed E-state index contributed by atoms with van der Waals surface area (Å²) in [7, 11) is 1.84. The van der Waals surface area contributed by atoms with Gasteiger partial charge in [0, 0.05) is 19.4 Å². The van der Waals surface area contributed by atoms with Crippen LogP contribution in [0.5, 0.6) is 0 Å². The van der Waals surface area contributed by atoms with Crippen molar-refractivity contribution in [3.63, 3.8) is 0 Å². The summed E-state index contributed by atoms with van der Waals surface area (Å²) in [6.45, 7) is 1.80. The minimum Gasteiger partial charge on any atom is -0.357 e. The number of nitrogens with one attached hydrogen (secondary N) is 1. The summed E-state index contributed by atoms with van der Waals surface area (Å²) in [4.78, 5) is 37.8. The van der Waals surface area contributed by atoms with Crippen molar-refractivity contribution in [2.24, 2.45) is 7.05 Å². The lowest BCUT2D eigenvalue weighted by Gasteiger charge is -2.27. The van der Waals surface area contributed by atoms with E-state index in [1.807, 2.05) is 23.9 Å². The molecule has 1 aromatic carbocycles. The summed E-state index contributed by atoms with van der Waals surface area (Å²) < 4.78 is 1.81. The van der Waals surface area contributed by atoms with E-state index < -0.39 is 17.8 Å². The monoisotopic (exact) mass is 309 g/mol. The van der Waals surface area contributed by atoms with E-state index in [1.54, 1.807) is 37.4 Å². The Morgan fingerprint density at radius 3 is 2.48 bits per heavy atom. The molecule has 23 heavy (non-hydrogen) atoms. The van der Waals surface area contributed by atoms with Gasteiger partial charge in [-0.25, -0.2) is 9.69 Å². The van der Waals surface area contributed by atoms with Crippen LogP contribution in [0.2, 0.25) is 0 Å². The van der Waals surface area contributed by atoms with Crippen LogP contribution < -0.4 is 10.2 Å². The zero-order chi connectivity index (χ0) is 16.6. The number of carbonyl (C=O) groups is 3. The zero-order valence-electron chi connectivity index (χ0n) is 12.7. The molecule has 1 fully saturated rings. The third-order valence-electron chi connectivity index (χ3n) is 3.62. The Hall–Kier alpha value is -3.15. The first kappa shape index (κ1) is 14.8. The van der Waals surface area contributed by atoms with Crippen molar-refractivity contribution >= 4 is 29.6 Å². The highest BCUT2D eigenvalue weighted by atomic mass is 16.2. The molecule has 116 valence electrons. The van der Waals surface area contributed by atoms with Gasteiger partial charge in [-0.3, -0.25) is 14.9 Å². The molecule has 1 N–H and O–H groups in total. The summed E-state index contributed by atoms with van der Waals surface area (Å²) >= 11 is 0. The molecule has 1 saturated heterocycles. The van der Waals surface area contributed by atoms with Crippen LogP contribution in [0.1, 0.15) is 11.1 Å². The molecule has 6 nitrogen and oxygen atoms in total. The van der Waals surface area contributed by atoms with E-state index in [2.05, 4.69) is 5.32 Å². The van der Waals surface area contributed by atoms with Crippen molar-refractivity contribution in [2.75, 3.05) is 4.90 Å². The first-order valence-electron chi connectivity index (χ1n) is 7.06. The lowest BCUT2D eigenvalue weighted by Crippen LogP contribution is -2.54. The first-order valence-corrected chi connectivity index (χ1v) is 7.06. The third kappa shape index (κ3) is 2.66. The van der Waals surface area contributed by atoms with Gasteiger partial charge in [0.15, 0.2) is 0 Å². The summed E-state index contributed by atoms with van der Waals surface area (Å²) in [6.07, 6.45) is 5.07. The maximum atomic E-state index is 12.7. The number of rotatable bonds is 2. The van der Waals surface area contributed by atoms with Crippen LogP contribution in [0.15, 0.2) is 48.3 Å². The van der Waals surface area contributed by atoms with E-state index in [-0.39, 0.29) is 5.57 Å². The van der Waals surface area contributed by atoms with E-state index in [9.17, 15) is 14.4 Å². The highest BCUT2D eigenvalue weighted by molar-refractivity contribution is 6.39. The smallest absolute Gasteiger partial charge is 0.335 e. The molecule has 1 aliphatic rings. The summed E-state index contributed by atoms with van der Waals surface area (Å²) in [5.74, 6) is -1.31. The molecule has 0 unspecified atom stereocenters. The Balaban J connectivity index is 2.04. The number of barbiturate groups is 1. The summed E-state index contributed by atoms with van der Waals surface area (Å²) in [6, 6.07) is 8.06. The van der Waals surface area contributed by atoms with Crippen molar-refractivity contribution < 1.29 is 14.4 Å². The number of amides is 4. The number of hydrogen-bond donors (Lipinski definition) is 1. The average molecular weight is 309 g/mol. The molecule has 0 spiro atoms. The second kappa shape index (κ2) is 5.57. The van der Waals surface area contributed by atoms with E-state index in [0.717, 1.165) is 10.5 Å². The van der Waals surface area contributed by atoms with Crippen LogP contribution in [-0.4, -0.2) is 22.4 Å². The van der Waals surface area contributed by atoms with Gasteiger partial charge < -0.3 is 4.57 Å². The Morgan fingerprint density at radius 2 is 1.83 bits per heavy atom. The van der Waals surface area contributed by atoms with Gasteiger partial charge in [0.1, 0.15) is 5.57 Å². The van der Waals surface area contributed by atoms with Gasteiger partial charge in [-0.2, -0.15) is 0 Å². The Labute approximate surface area is 133 Å². The van der Waals surface area contributed by atoms with Crippen LogP contribution in [-0.2, 0) is 16.6 Å². The molecule has 0 aliphatic carbocycles. The number of nitrogens with zero attached hydrogens (tertiary/aromatic N) is 2. The quantitative estimate of drug-likeness (QED) is 0.681. The Bertz CT molecular complexity index is 848. The molecule has 1 aromatic heterocycles. The van der Waals surface area contributed by atoms with E-state index in [1.165, 1.54) is 6.08 Å². The van der Waals surface area contributed by atoms with Gasteiger partial charge in [-0.15, -0.1) is 0 Å². The lowest BCUT2D eigenvalue weighted by atomic mass is 10.1.